The lowest BCUT2D eigenvalue weighted by Crippen LogP contribution is -2.40. The fourth-order valence-electron chi connectivity index (χ4n) is 2.91. The second-order valence-corrected chi connectivity index (χ2v) is 5.66. The van der Waals surface area contributed by atoms with E-state index in [2.05, 4.69) is 28.8 Å². The molecule has 4 N–H and O–H groups in total. The predicted molar refractivity (Wildman–Crippen MR) is 87.3 cm³/mol. The third-order valence-electron chi connectivity index (χ3n) is 4.16. The van der Waals surface area contributed by atoms with Crippen molar-refractivity contribution in [3.63, 3.8) is 0 Å². The van der Waals surface area contributed by atoms with Crippen LogP contribution < -0.4 is 16.4 Å². The number of nitrogens with one attached hydrogen (secondary N) is 2. The Morgan fingerprint density at radius 1 is 1.18 bits per heavy atom. The number of hydrogen-bond acceptors (Lipinski definition) is 3. The van der Waals surface area contributed by atoms with Crippen molar-refractivity contribution in [2.24, 2.45) is 5.73 Å². The fraction of sp³-hybridized carbons (Fsp3) is 0.278. The van der Waals surface area contributed by atoms with Gasteiger partial charge in [0.1, 0.15) is 6.04 Å². The van der Waals surface area contributed by atoms with E-state index in [4.69, 9.17) is 5.73 Å². The van der Waals surface area contributed by atoms with E-state index in [0.717, 1.165) is 18.7 Å². The molecule has 1 aliphatic heterocycles. The van der Waals surface area contributed by atoms with Crippen molar-refractivity contribution in [1.82, 2.24) is 10.6 Å². The van der Waals surface area contributed by atoms with Crippen LogP contribution in [0.3, 0.4) is 0 Å². The smallest absolute Gasteiger partial charge is 0.241 e. The molecule has 1 aliphatic rings. The van der Waals surface area contributed by atoms with Crippen molar-refractivity contribution in [2.45, 2.75) is 18.5 Å². The Bertz CT molecular complexity index is 642. The van der Waals surface area contributed by atoms with Gasteiger partial charge in [0, 0.05) is 25.6 Å². The first kappa shape index (κ1) is 14.8. The third kappa shape index (κ3) is 3.18. The maximum absolute atomic E-state index is 12.2. The summed E-state index contributed by atoms with van der Waals surface area (Å²) in [6.07, 6.45) is 0. The summed E-state index contributed by atoms with van der Waals surface area (Å²) in [6.45, 7) is 2.37. The zero-order valence-electron chi connectivity index (χ0n) is 12.5. The van der Waals surface area contributed by atoms with E-state index in [0.29, 0.717) is 6.54 Å². The monoisotopic (exact) mass is 295 g/mol. The first-order valence-electron chi connectivity index (χ1n) is 7.62. The van der Waals surface area contributed by atoms with E-state index in [1.165, 1.54) is 11.1 Å². The van der Waals surface area contributed by atoms with E-state index < -0.39 is 6.04 Å². The van der Waals surface area contributed by atoms with Gasteiger partial charge in [-0.2, -0.15) is 0 Å². The second kappa shape index (κ2) is 6.73. The molecule has 2 atom stereocenters. The minimum absolute atomic E-state index is 0.130. The number of benzene rings is 2. The van der Waals surface area contributed by atoms with Gasteiger partial charge >= 0.3 is 0 Å². The Balaban J connectivity index is 1.62. The molecule has 1 amide bonds. The molecule has 0 saturated heterocycles. The van der Waals surface area contributed by atoms with Gasteiger partial charge in [-0.15, -0.1) is 0 Å². The van der Waals surface area contributed by atoms with Crippen molar-refractivity contribution >= 4 is 5.91 Å². The van der Waals surface area contributed by atoms with Gasteiger partial charge in [0.05, 0.1) is 0 Å². The molecular weight excluding hydrogens is 274 g/mol. The minimum Gasteiger partial charge on any atom is -0.354 e. The molecule has 2 aromatic rings. The van der Waals surface area contributed by atoms with E-state index in [1.54, 1.807) is 0 Å². The molecule has 1 heterocycles. The quantitative estimate of drug-likeness (QED) is 0.804. The largest absolute Gasteiger partial charge is 0.354 e. The normalized spacial score (nSPS) is 18.3. The molecule has 4 heteroatoms. The first-order chi connectivity index (χ1) is 10.8. The van der Waals surface area contributed by atoms with Gasteiger partial charge in [-0.3, -0.25) is 4.79 Å². The molecule has 0 aliphatic carbocycles. The van der Waals surface area contributed by atoms with Crippen LogP contribution in [0, 0.1) is 0 Å². The maximum atomic E-state index is 12.2. The Labute approximate surface area is 130 Å². The van der Waals surface area contributed by atoms with Crippen LogP contribution in [0.25, 0.3) is 0 Å². The van der Waals surface area contributed by atoms with Crippen LogP contribution in [-0.2, 0) is 11.3 Å². The highest BCUT2D eigenvalue weighted by Gasteiger charge is 2.21. The van der Waals surface area contributed by atoms with E-state index in [-0.39, 0.29) is 11.8 Å². The summed E-state index contributed by atoms with van der Waals surface area (Å²) in [4.78, 5) is 12.2. The minimum atomic E-state index is -0.618. The van der Waals surface area contributed by atoms with Crippen LogP contribution in [0.5, 0.6) is 0 Å². The molecule has 2 unspecified atom stereocenters. The van der Waals surface area contributed by atoms with Gasteiger partial charge in [-0.05, 0) is 16.7 Å². The van der Waals surface area contributed by atoms with Crippen molar-refractivity contribution in [1.29, 1.82) is 0 Å². The Morgan fingerprint density at radius 3 is 2.73 bits per heavy atom. The lowest BCUT2D eigenvalue weighted by molar-refractivity contribution is -0.122. The molecule has 114 valence electrons. The van der Waals surface area contributed by atoms with E-state index >= 15 is 0 Å². The van der Waals surface area contributed by atoms with Crippen LogP contribution in [0.2, 0.25) is 0 Å². The van der Waals surface area contributed by atoms with Gasteiger partial charge in [-0.25, -0.2) is 0 Å². The zero-order chi connectivity index (χ0) is 15.4. The molecule has 0 fully saturated rings. The van der Waals surface area contributed by atoms with E-state index in [1.807, 2.05) is 36.4 Å². The first-order valence-corrected chi connectivity index (χ1v) is 7.62. The molecule has 2 aromatic carbocycles. The Kier molecular flexibility index (Phi) is 4.51. The fourth-order valence-corrected chi connectivity index (χ4v) is 2.91. The molecular formula is C18H21N3O. The lowest BCUT2D eigenvalue weighted by Gasteiger charge is -2.27. The standard InChI is InChI=1S/C18H21N3O/c19-17(13-6-2-1-3-7-13)18(22)21-12-15-11-20-10-14-8-4-5-9-16(14)15/h1-9,15,17,20H,10-12,19H2,(H,21,22). The van der Waals surface area contributed by atoms with Crippen LogP contribution >= 0.6 is 0 Å². The number of nitrogens with two attached hydrogens (primary N) is 1. The summed E-state index contributed by atoms with van der Waals surface area (Å²) in [5.41, 5.74) is 9.48. The maximum Gasteiger partial charge on any atom is 0.241 e. The molecule has 0 radical (unpaired) electrons. The van der Waals surface area contributed by atoms with Crippen molar-refractivity contribution in [3.8, 4) is 0 Å². The number of fused-ring (bicyclic) bond motifs is 1. The molecule has 0 aromatic heterocycles. The number of rotatable bonds is 4. The van der Waals surface area contributed by atoms with Gasteiger partial charge in [0.25, 0.3) is 0 Å². The van der Waals surface area contributed by atoms with Gasteiger partial charge < -0.3 is 16.4 Å². The lowest BCUT2D eigenvalue weighted by atomic mass is 9.91. The summed E-state index contributed by atoms with van der Waals surface area (Å²) in [7, 11) is 0. The van der Waals surface area contributed by atoms with Crippen LogP contribution in [-0.4, -0.2) is 19.0 Å². The SMILES string of the molecule is NC(C(=O)NCC1CNCc2ccccc21)c1ccccc1. The summed E-state index contributed by atoms with van der Waals surface area (Å²) in [5, 5.41) is 6.38. The van der Waals surface area contributed by atoms with Crippen LogP contribution in [0.15, 0.2) is 54.6 Å². The summed E-state index contributed by atoms with van der Waals surface area (Å²) in [6, 6.07) is 17.2. The number of carbonyl (C=O) groups is 1. The molecule has 3 rings (SSSR count). The number of carbonyl (C=O) groups excluding carboxylic acids is 1. The summed E-state index contributed by atoms with van der Waals surface area (Å²) >= 11 is 0. The topological polar surface area (TPSA) is 67.2 Å². The Morgan fingerprint density at radius 2 is 1.91 bits per heavy atom. The van der Waals surface area contributed by atoms with Crippen LogP contribution in [0.4, 0.5) is 0 Å². The summed E-state index contributed by atoms with van der Waals surface area (Å²) in [5.74, 6) is 0.158. The van der Waals surface area contributed by atoms with Gasteiger partial charge in [0.15, 0.2) is 0 Å². The number of hydrogen-bond donors (Lipinski definition) is 3. The van der Waals surface area contributed by atoms with Gasteiger partial charge in [0.2, 0.25) is 5.91 Å². The number of amides is 1. The van der Waals surface area contributed by atoms with Crippen LogP contribution in [0.1, 0.15) is 28.7 Å². The van der Waals surface area contributed by atoms with Gasteiger partial charge in [-0.1, -0.05) is 54.6 Å². The zero-order valence-corrected chi connectivity index (χ0v) is 12.5. The molecule has 4 nitrogen and oxygen atoms in total. The highest BCUT2D eigenvalue weighted by atomic mass is 16.2. The molecule has 0 bridgehead atoms. The molecule has 0 spiro atoms. The Hall–Kier alpha value is -2.17. The highest BCUT2D eigenvalue weighted by Crippen LogP contribution is 2.23. The second-order valence-electron chi connectivity index (χ2n) is 5.66. The summed E-state index contributed by atoms with van der Waals surface area (Å²) < 4.78 is 0. The van der Waals surface area contributed by atoms with Crippen molar-refractivity contribution in [3.05, 3.63) is 71.3 Å². The van der Waals surface area contributed by atoms with Crippen molar-refractivity contribution < 1.29 is 4.79 Å². The molecule has 0 saturated carbocycles. The van der Waals surface area contributed by atoms with E-state index in [9.17, 15) is 4.79 Å². The highest BCUT2D eigenvalue weighted by molar-refractivity contribution is 5.82. The van der Waals surface area contributed by atoms with Crippen molar-refractivity contribution in [2.75, 3.05) is 13.1 Å². The third-order valence-corrected chi connectivity index (χ3v) is 4.16. The predicted octanol–water partition coefficient (Wildman–Crippen LogP) is 1.69. The molecule has 22 heavy (non-hydrogen) atoms. The average Bonchev–Trinajstić information content (AvgIpc) is 2.59. The average molecular weight is 295 g/mol.